The van der Waals surface area contributed by atoms with Crippen molar-refractivity contribution in [1.29, 1.82) is 0 Å². The zero-order valence-electron chi connectivity index (χ0n) is 10.0. The monoisotopic (exact) mass is 273 g/mol. The molecule has 3 N–H and O–H groups in total. The first-order valence-electron chi connectivity index (χ1n) is 5.91. The molecule has 1 aromatic rings. The molecule has 0 spiro atoms. The van der Waals surface area contributed by atoms with Crippen molar-refractivity contribution in [2.45, 2.75) is 25.7 Å². The SMILES string of the molecule is NCCCCC(Cc1cc(Cl)ccc1F)C(=O)O. The topological polar surface area (TPSA) is 63.3 Å². The molecule has 0 saturated carbocycles. The lowest BCUT2D eigenvalue weighted by Crippen LogP contribution is -2.17. The maximum absolute atomic E-state index is 13.5. The van der Waals surface area contributed by atoms with Crippen molar-refractivity contribution in [3.05, 3.63) is 34.6 Å². The smallest absolute Gasteiger partial charge is 0.306 e. The third-order valence-corrected chi connectivity index (χ3v) is 3.07. The zero-order valence-corrected chi connectivity index (χ0v) is 10.8. The molecule has 3 nitrogen and oxygen atoms in total. The van der Waals surface area contributed by atoms with Crippen LogP contribution in [-0.4, -0.2) is 17.6 Å². The number of halogens is 2. The number of unbranched alkanes of at least 4 members (excludes halogenated alkanes) is 1. The Kier molecular flexibility index (Phi) is 6.09. The summed E-state index contributed by atoms with van der Waals surface area (Å²) in [5.74, 6) is -1.92. The Labute approximate surface area is 111 Å². The van der Waals surface area contributed by atoms with Gasteiger partial charge in [0, 0.05) is 5.02 Å². The predicted octanol–water partition coefficient (Wildman–Crippen LogP) is 2.85. The lowest BCUT2D eigenvalue weighted by atomic mass is 9.94. The number of hydrogen-bond acceptors (Lipinski definition) is 2. The van der Waals surface area contributed by atoms with Crippen LogP contribution in [0.15, 0.2) is 18.2 Å². The summed E-state index contributed by atoms with van der Waals surface area (Å²) in [6.45, 7) is 0.540. The summed E-state index contributed by atoms with van der Waals surface area (Å²) >= 11 is 5.78. The van der Waals surface area contributed by atoms with E-state index in [0.717, 1.165) is 12.8 Å². The van der Waals surface area contributed by atoms with E-state index in [1.54, 1.807) is 0 Å². The summed E-state index contributed by atoms with van der Waals surface area (Å²) in [5.41, 5.74) is 5.71. The van der Waals surface area contributed by atoms with Crippen LogP contribution in [-0.2, 0) is 11.2 Å². The maximum atomic E-state index is 13.5. The van der Waals surface area contributed by atoms with Crippen molar-refractivity contribution in [2.24, 2.45) is 11.7 Å². The number of carboxylic acids is 1. The number of aliphatic carboxylic acids is 1. The molecule has 0 bridgehead atoms. The minimum Gasteiger partial charge on any atom is -0.481 e. The third-order valence-electron chi connectivity index (χ3n) is 2.83. The van der Waals surface area contributed by atoms with Crippen molar-refractivity contribution in [3.8, 4) is 0 Å². The fourth-order valence-corrected chi connectivity index (χ4v) is 2.01. The molecule has 0 aromatic heterocycles. The van der Waals surface area contributed by atoms with E-state index in [2.05, 4.69) is 0 Å². The van der Waals surface area contributed by atoms with Gasteiger partial charge < -0.3 is 10.8 Å². The number of benzene rings is 1. The lowest BCUT2D eigenvalue weighted by Gasteiger charge is -2.12. The van der Waals surface area contributed by atoms with E-state index in [9.17, 15) is 9.18 Å². The Morgan fingerprint density at radius 1 is 1.44 bits per heavy atom. The molecule has 5 heteroatoms. The minimum absolute atomic E-state index is 0.159. The van der Waals surface area contributed by atoms with Gasteiger partial charge >= 0.3 is 5.97 Å². The molecule has 1 atom stereocenters. The average molecular weight is 274 g/mol. The van der Waals surface area contributed by atoms with Crippen molar-refractivity contribution in [1.82, 2.24) is 0 Å². The van der Waals surface area contributed by atoms with Crippen LogP contribution in [0.2, 0.25) is 5.02 Å². The molecule has 0 amide bonds. The number of nitrogens with two attached hydrogens (primary N) is 1. The standard InChI is InChI=1S/C13H17ClFNO2/c14-11-4-5-12(15)10(8-11)7-9(13(17)18)3-1-2-6-16/h4-5,8-9H,1-3,6-7,16H2,(H,17,18). The van der Waals surface area contributed by atoms with Gasteiger partial charge in [-0.3, -0.25) is 4.79 Å². The highest BCUT2D eigenvalue weighted by atomic mass is 35.5. The summed E-state index contributed by atoms with van der Waals surface area (Å²) in [4.78, 5) is 11.1. The molecule has 100 valence electrons. The lowest BCUT2D eigenvalue weighted by molar-refractivity contribution is -0.142. The van der Waals surface area contributed by atoms with Crippen molar-refractivity contribution < 1.29 is 14.3 Å². The Balaban J connectivity index is 2.70. The van der Waals surface area contributed by atoms with Crippen LogP contribution in [0, 0.1) is 11.7 Å². The Morgan fingerprint density at radius 3 is 2.78 bits per heavy atom. The average Bonchev–Trinajstić information content (AvgIpc) is 2.32. The van der Waals surface area contributed by atoms with Gasteiger partial charge in [0.15, 0.2) is 0 Å². The van der Waals surface area contributed by atoms with Crippen LogP contribution in [0.5, 0.6) is 0 Å². The Bertz CT molecular complexity index is 412. The van der Waals surface area contributed by atoms with Gasteiger partial charge in [0.05, 0.1) is 5.92 Å². The van der Waals surface area contributed by atoms with Gasteiger partial charge in [-0.25, -0.2) is 4.39 Å². The van der Waals surface area contributed by atoms with E-state index in [-0.39, 0.29) is 6.42 Å². The number of hydrogen-bond donors (Lipinski definition) is 2. The quantitative estimate of drug-likeness (QED) is 0.751. The van der Waals surface area contributed by atoms with E-state index in [1.165, 1.54) is 18.2 Å². The second-order valence-corrected chi connectivity index (χ2v) is 4.70. The van der Waals surface area contributed by atoms with Gasteiger partial charge in [-0.2, -0.15) is 0 Å². The van der Waals surface area contributed by atoms with Gasteiger partial charge in [-0.05, 0) is 49.6 Å². The van der Waals surface area contributed by atoms with Crippen LogP contribution in [0.1, 0.15) is 24.8 Å². The van der Waals surface area contributed by atoms with E-state index in [1.807, 2.05) is 0 Å². The van der Waals surface area contributed by atoms with Gasteiger partial charge in [0.2, 0.25) is 0 Å². The van der Waals surface area contributed by atoms with Gasteiger partial charge in [-0.1, -0.05) is 18.0 Å². The van der Waals surface area contributed by atoms with Crippen molar-refractivity contribution in [3.63, 3.8) is 0 Å². The molecule has 0 aliphatic heterocycles. The van der Waals surface area contributed by atoms with Crippen molar-refractivity contribution in [2.75, 3.05) is 6.54 Å². The van der Waals surface area contributed by atoms with Crippen LogP contribution in [0.25, 0.3) is 0 Å². The molecule has 1 unspecified atom stereocenters. The molecule has 0 heterocycles. The molecular formula is C13H17ClFNO2. The summed E-state index contributed by atoms with van der Waals surface area (Å²) in [5, 5.41) is 9.52. The van der Waals surface area contributed by atoms with Gasteiger partial charge in [0.1, 0.15) is 5.82 Å². The second kappa shape index (κ2) is 7.34. The minimum atomic E-state index is -0.911. The second-order valence-electron chi connectivity index (χ2n) is 4.26. The van der Waals surface area contributed by atoms with E-state index in [4.69, 9.17) is 22.4 Å². The van der Waals surface area contributed by atoms with E-state index in [0.29, 0.717) is 23.6 Å². The van der Waals surface area contributed by atoms with Crippen LogP contribution in [0.4, 0.5) is 4.39 Å². The molecule has 1 rings (SSSR count). The Morgan fingerprint density at radius 2 is 2.17 bits per heavy atom. The van der Waals surface area contributed by atoms with E-state index < -0.39 is 17.7 Å². The molecular weight excluding hydrogens is 257 g/mol. The first kappa shape index (κ1) is 14.9. The van der Waals surface area contributed by atoms with E-state index >= 15 is 0 Å². The fourth-order valence-electron chi connectivity index (χ4n) is 1.81. The van der Waals surface area contributed by atoms with Crippen LogP contribution < -0.4 is 5.73 Å². The summed E-state index contributed by atoms with van der Waals surface area (Å²) in [6.07, 6.45) is 2.17. The first-order valence-corrected chi connectivity index (χ1v) is 6.29. The number of carboxylic acid groups (broad SMARTS) is 1. The van der Waals surface area contributed by atoms with Crippen LogP contribution in [0.3, 0.4) is 0 Å². The summed E-state index contributed by atoms with van der Waals surface area (Å²) < 4.78 is 13.5. The first-order chi connectivity index (χ1) is 8.54. The molecule has 18 heavy (non-hydrogen) atoms. The molecule has 1 aromatic carbocycles. The summed E-state index contributed by atoms with van der Waals surface area (Å²) in [6, 6.07) is 4.19. The normalized spacial score (nSPS) is 12.4. The van der Waals surface area contributed by atoms with Crippen LogP contribution >= 0.6 is 11.6 Å². The third kappa shape index (κ3) is 4.63. The maximum Gasteiger partial charge on any atom is 0.306 e. The molecule has 0 fully saturated rings. The molecule has 0 radical (unpaired) electrons. The highest BCUT2D eigenvalue weighted by Gasteiger charge is 2.19. The van der Waals surface area contributed by atoms with Gasteiger partial charge in [0.25, 0.3) is 0 Å². The highest BCUT2D eigenvalue weighted by Crippen LogP contribution is 2.21. The zero-order chi connectivity index (χ0) is 13.5. The number of carbonyl (C=O) groups is 1. The Hall–Kier alpha value is -1.13. The molecule has 0 aliphatic carbocycles. The number of rotatable bonds is 7. The molecule has 0 saturated heterocycles. The van der Waals surface area contributed by atoms with Crippen molar-refractivity contribution >= 4 is 17.6 Å². The highest BCUT2D eigenvalue weighted by molar-refractivity contribution is 6.30. The molecule has 0 aliphatic rings. The summed E-state index contributed by atoms with van der Waals surface area (Å²) in [7, 11) is 0. The predicted molar refractivity (Wildman–Crippen MR) is 69.1 cm³/mol. The fraction of sp³-hybridized carbons (Fsp3) is 0.462. The van der Waals surface area contributed by atoms with Gasteiger partial charge in [-0.15, -0.1) is 0 Å². The largest absolute Gasteiger partial charge is 0.481 e.